The number of nitrogens with zero attached hydrogens (tertiary/aromatic N) is 1. The van der Waals surface area contributed by atoms with Gasteiger partial charge in [0.15, 0.2) is 0 Å². The number of hydrogen-bond donors (Lipinski definition) is 0. The zero-order valence-electron chi connectivity index (χ0n) is 6.60. The summed E-state index contributed by atoms with van der Waals surface area (Å²) in [7, 11) is 2.13. The zero-order valence-corrected chi connectivity index (χ0v) is 9.53. The van der Waals surface area contributed by atoms with Gasteiger partial charge in [-0.3, -0.25) is 0 Å². The molecule has 1 aliphatic rings. The molecule has 2 heteroatoms. The van der Waals surface area contributed by atoms with Crippen molar-refractivity contribution in [3.8, 4) is 0 Å². The molecule has 1 saturated heterocycles. The van der Waals surface area contributed by atoms with E-state index in [1.165, 1.54) is 6.42 Å². The van der Waals surface area contributed by atoms with Gasteiger partial charge in [0.05, 0.1) is 0 Å². The molecule has 1 nitrogen and oxygen atoms in total. The first-order valence-electron chi connectivity index (χ1n) is 3.49. The van der Waals surface area contributed by atoms with Crippen molar-refractivity contribution in [2.45, 2.75) is 12.8 Å². The topological polar surface area (TPSA) is 3.24 Å². The van der Waals surface area contributed by atoms with Gasteiger partial charge < -0.3 is 18.7 Å². The fourth-order valence-electron chi connectivity index (χ4n) is 1.63. The van der Waals surface area contributed by atoms with Gasteiger partial charge in [0.2, 0.25) is 0 Å². The number of likely N-dealkylation sites (tertiary alicyclic amines) is 1. The van der Waals surface area contributed by atoms with Crippen molar-refractivity contribution in [3.63, 3.8) is 0 Å². The first-order valence-corrected chi connectivity index (χ1v) is 3.49. The summed E-state index contributed by atoms with van der Waals surface area (Å²) in [5.74, 6) is 0. The predicted molar refractivity (Wildman–Crippen MR) is 39.9 cm³/mol. The second-order valence-corrected chi connectivity index (χ2v) is 3.28. The van der Waals surface area contributed by atoms with Crippen LogP contribution < -0.4 is 0 Å². The minimum atomic E-state index is 0. The third-order valence-corrected chi connectivity index (χ3v) is 1.92. The molecule has 1 fully saturated rings. The summed E-state index contributed by atoms with van der Waals surface area (Å²) in [5, 5.41) is 0. The van der Waals surface area contributed by atoms with E-state index in [-0.39, 0.29) is 21.1 Å². The van der Waals surface area contributed by atoms with Crippen LogP contribution in [-0.4, -0.2) is 25.0 Å². The third kappa shape index (κ3) is 2.36. The van der Waals surface area contributed by atoms with Gasteiger partial charge >= 0.3 is 21.1 Å². The number of rotatable bonds is 2. The molecule has 0 aromatic carbocycles. The van der Waals surface area contributed by atoms with Crippen LogP contribution in [0.1, 0.15) is 12.8 Å². The molecule has 0 saturated carbocycles. The van der Waals surface area contributed by atoms with Crippen molar-refractivity contribution in [2.24, 2.45) is 5.41 Å². The summed E-state index contributed by atoms with van der Waals surface area (Å²) in [4.78, 5) is 2.29. The second kappa shape index (κ2) is 3.87. The van der Waals surface area contributed by atoms with Crippen LogP contribution in [0.15, 0.2) is 0 Å². The van der Waals surface area contributed by atoms with Gasteiger partial charge in [-0.2, -0.15) is 6.42 Å². The molecule has 10 heavy (non-hydrogen) atoms. The largest absolute Gasteiger partial charge is 2.00 e. The number of hydrogen-bond acceptors (Lipinski definition) is 1. The van der Waals surface area contributed by atoms with E-state index in [0.717, 1.165) is 19.5 Å². The van der Waals surface area contributed by atoms with Gasteiger partial charge in [-0.1, -0.05) is 0 Å². The normalized spacial score (nSPS) is 23.1. The fourth-order valence-corrected chi connectivity index (χ4v) is 1.63. The van der Waals surface area contributed by atoms with Crippen LogP contribution in [-0.2, 0) is 21.1 Å². The summed E-state index contributed by atoms with van der Waals surface area (Å²) in [6, 6.07) is 0. The zero-order chi connectivity index (χ0) is 6.91. The van der Waals surface area contributed by atoms with E-state index in [2.05, 4.69) is 25.8 Å². The molecule has 0 radical (unpaired) electrons. The first kappa shape index (κ1) is 10.6. The molecule has 0 unspecified atom stereocenters. The maximum atomic E-state index is 4.13. The summed E-state index contributed by atoms with van der Waals surface area (Å²) in [5.41, 5.74) is 0.358. The fraction of sp³-hybridized carbons (Fsp3) is 0.750. The van der Waals surface area contributed by atoms with Crippen molar-refractivity contribution in [3.05, 3.63) is 13.8 Å². The van der Waals surface area contributed by atoms with Gasteiger partial charge in [-0.15, -0.1) is 11.8 Å². The Morgan fingerprint density at radius 3 is 2.30 bits per heavy atom. The van der Waals surface area contributed by atoms with Gasteiger partial charge in [-0.05, 0) is 20.1 Å². The Kier molecular flexibility index (Phi) is 4.13. The Morgan fingerprint density at radius 1 is 1.50 bits per heavy atom. The molecule has 0 amide bonds. The standard InChI is InChI=1S/C8H15N.W/c1-4-5-8(2)6-9(3)7-8;/h1-2,4-7H2,3H3;/q-2;+2. The molecule has 0 N–H and O–H groups in total. The smallest absolute Gasteiger partial charge is 0.343 e. The molecule has 0 bridgehead atoms. The summed E-state index contributed by atoms with van der Waals surface area (Å²) < 4.78 is 0. The predicted octanol–water partition coefficient (Wildman–Crippen LogP) is 1.36. The third-order valence-electron chi connectivity index (χ3n) is 1.92. The molecule has 0 aliphatic carbocycles. The quantitative estimate of drug-likeness (QED) is 0.696. The molecule has 0 spiro atoms. The summed E-state index contributed by atoms with van der Waals surface area (Å²) in [6.45, 7) is 10.3. The van der Waals surface area contributed by atoms with Gasteiger partial charge in [-0.25, -0.2) is 0 Å². The monoisotopic (exact) mass is 309 g/mol. The Labute approximate surface area is 78.4 Å². The molecule has 1 aliphatic heterocycles. The molecular formula is C8H15NW. The summed E-state index contributed by atoms with van der Waals surface area (Å²) >= 11 is 0. The van der Waals surface area contributed by atoms with Crippen LogP contribution in [0.4, 0.5) is 0 Å². The molecular weight excluding hydrogens is 294 g/mol. The van der Waals surface area contributed by atoms with E-state index in [9.17, 15) is 0 Å². The van der Waals surface area contributed by atoms with E-state index >= 15 is 0 Å². The van der Waals surface area contributed by atoms with Crippen LogP contribution in [0, 0.1) is 19.3 Å². The minimum Gasteiger partial charge on any atom is -0.343 e. The molecule has 0 atom stereocenters. The first-order chi connectivity index (χ1) is 4.16. The van der Waals surface area contributed by atoms with Crippen LogP contribution in [0.2, 0.25) is 0 Å². The van der Waals surface area contributed by atoms with E-state index in [4.69, 9.17) is 0 Å². The molecule has 58 valence electrons. The van der Waals surface area contributed by atoms with E-state index < -0.39 is 0 Å². The van der Waals surface area contributed by atoms with E-state index in [1.807, 2.05) is 0 Å². The van der Waals surface area contributed by atoms with Gasteiger partial charge in [0.25, 0.3) is 0 Å². The van der Waals surface area contributed by atoms with E-state index in [1.54, 1.807) is 0 Å². The van der Waals surface area contributed by atoms with Crippen LogP contribution >= 0.6 is 0 Å². The molecule has 0 aromatic rings. The van der Waals surface area contributed by atoms with Crippen LogP contribution in [0.5, 0.6) is 0 Å². The van der Waals surface area contributed by atoms with Crippen molar-refractivity contribution in [1.82, 2.24) is 4.90 Å². The Balaban J connectivity index is 0.000000810. The van der Waals surface area contributed by atoms with Crippen LogP contribution in [0.3, 0.4) is 0 Å². The average molecular weight is 309 g/mol. The second-order valence-electron chi connectivity index (χ2n) is 3.28. The maximum Gasteiger partial charge on any atom is 2.00 e. The molecule has 0 aromatic heterocycles. The maximum absolute atomic E-state index is 4.13. The Morgan fingerprint density at radius 2 is 2.00 bits per heavy atom. The summed E-state index contributed by atoms with van der Waals surface area (Å²) in [6.07, 6.45) is 2.20. The van der Waals surface area contributed by atoms with E-state index in [0.29, 0.717) is 5.41 Å². The van der Waals surface area contributed by atoms with Gasteiger partial charge in [0.1, 0.15) is 0 Å². The SMILES string of the molecule is [CH2-]CCC1([CH2-])CN(C)C1.[W+2]. The average Bonchev–Trinajstić information content (AvgIpc) is 1.62. The molecule has 1 rings (SSSR count). The van der Waals surface area contributed by atoms with Crippen molar-refractivity contribution < 1.29 is 21.1 Å². The van der Waals surface area contributed by atoms with Crippen molar-refractivity contribution in [2.75, 3.05) is 20.1 Å². The molecule has 1 heterocycles. The Bertz CT molecular complexity index is 91.9. The minimum absolute atomic E-state index is 0. The van der Waals surface area contributed by atoms with Crippen molar-refractivity contribution in [1.29, 1.82) is 0 Å². The Hall–Kier alpha value is 0.648. The van der Waals surface area contributed by atoms with Crippen LogP contribution in [0.25, 0.3) is 0 Å². The van der Waals surface area contributed by atoms with Gasteiger partial charge in [0, 0.05) is 0 Å². The van der Waals surface area contributed by atoms with Crippen molar-refractivity contribution >= 4 is 0 Å².